The maximum atomic E-state index is 3.52. The zero-order valence-corrected chi connectivity index (χ0v) is 11.2. The van der Waals surface area contributed by atoms with E-state index in [4.69, 9.17) is 0 Å². The quantitative estimate of drug-likeness (QED) is 0.783. The summed E-state index contributed by atoms with van der Waals surface area (Å²) in [5.41, 5.74) is 0. The standard InChI is InChI=1S/C11H18BrNS/c1-3-10-4-5-11(14-10)8-13-9(2)6-7-12/h4-5,9,13H,3,6-8H2,1-2H3. The van der Waals surface area contributed by atoms with Gasteiger partial charge in [0.15, 0.2) is 0 Å². The zero-order chi connectivity index (χ0) is 10.4. The van der Waals surface area contributed by atoms with Crippen molar-refractivity contribution in [2.75, 3.05) is 5.33 Å². The van der Waals surface area contributed by atoms with E-state index < -0.39 is 0 Å². The number of nitrogens with one attached hydrogen (secondary N) is 1. The van der Waals surface area contributed by atoms with E-state index in [0.717, 1.165) is 18.3 Å². The van der Waals surface area contributed by atoms with Gasteiger partial charge in [-0.2, -0.15) is 0 Å². The highest BCUT2D eigenvalue weighted by Gasteiger charge is 2.02. The third-order valence-electron chi connectivity index (χ3n) is 2.23. The van der Waals surface area contributed by atoms with E-state index in [1.54, 1.807) is 0 Å². The van der Waals surface area contributed by atoms with Crippen LogP contribution in [0.1, 0.15) is 30.0 Å². The van der Waals surface area contributed by atoms with Gasteiger partial charge < -0.3 is 5.32 Å². The maximum Gasteiger partial charge on any atom is 0.0302 e. The van der Waals surface area contributed by atoms with E-state index in [0.29, 0.717) is 6.04 Å². The minimum atomic E-state index is 0.599. The van der Waals surface area contributed by atoms with Crippen LogP contribution in [0.4, 0.5) is 0 Å². The first-order valence-electron chi connectivity index (χ1n) is 5.13. The number of hydrogen-bond acceptors (Lipinski definition) is 2. The summed E-state index contributed by atoms with van der Waals surface area (Å²) in [4.78, 5) is 2.93. The Bertz CT molecular complexity index is 260. The van der Waals surface area contributed by atoms with Gasteiger partial charge in [-0.1, -0.05) is 22.9 Å². The molecule has 3 heteroatoms. The van der Waals surface area contributed by atoms with Gasteiger partial charge in [0.1, 0.15) is 0 Å². The average Bonchev–Trinajstić information content (AvgIpc) is 2.63. The van der Waals surface area contributed by atoms with Crippen molar-refractivity contribution in [3.8, 4) is 0 Å². The van der Waals surface area contributed by atoms with Crippen LogP contribution in [0.5, 0.6) is 0 Å². The molecule has 0 radical (unpaired) electrons. The lowest BCUT2D eigenvalue weighted by atomic mass is 10.2. The van der Waals surface area contributed by atoms with Gasteiger partial charge >= 0.3 is 0 Å². The molecule has 1 unspecified atom stereocenters. The number of rotatable bonds is 6. The summed E-state index contributed by atoms with van der Waals surface area (Å²) < 4.78 is 0. The van der Waals surface area contributed by atoms with Gasteiger partial charge in [0.05, 0.1) is 0 Å². The lowest BCUT2D eigenvalue weighted by Crippen LogP contribution is -2.25. The molecule has 0 saturated heterocycles. The molecule has 14 heavy (non-hydrogen) atoms. The normalized spacial score (nSPS) is 13.1. The van der Waals surface area contributed by atoms with Crippen molar-refractivity contribution >= 4 is 27.3 Å². The first-order chi connectivity index (χ1) is 6.76. The predicted octanol–water partition coefficient (Wildman–Crippen LogP) is 3.57. The fourth-order valence-corrected chi connectivity index (χ4v) is 2.84. The van der Waals surface area contributed by atoms with Crippen LogP contribution in [-0.2, 0) is 13.0 Å². The Hall–Kier alpha value is 0.140. The first kappa shape index (κ1) is 12.2. The Labute approximate surface area is 99.0 Å². The summed E-state index contributed by atoms with van der Waals surface area (Å²) in [6.45, 7) is 5.45. The Morgan fingerprint density at radius 2 is 2.14 bits per heavy atom. The second kappa shape index (κ2) is 6.59. The molecular weight excluding hydrogens is 258 g/mol. The van der Waals surface area contributed by atoms with Gasteiger partial charge in [-0.05, 0) is 31.9 Å². The van der Waals surface area contributed by atoms with Crippen LogP contribution >= 0.6 is 27.3 Å². The van der Waals surface area contributed by atoms with E-state index in [9.17, 15) is 0 Å². The Morgan fingerprint density at radius 1 is 1.43 bits per heavy atom. The van der Waals surface area contributed by atoms with Gasteiger partial charge in [-0.25, -0.2) is 0 Å². The zero-order valence-electron chi connectivity index (χ0n) is 8.85. The maximum absolute atomic E-state index is 3.52. The molecule has 1 N–H and O–H groups in total. The van der Waals surface area contributed by atoms with Gasteiger partial charge in [0, 0.05) is 27.7 Å². The van der Waals surface area contributed by atoms with Gasteiger partial charge in [0.25, 0.3) is 0 Å². The number of thiophene rings is 1. The number of alkyl halides is 1. The Morgan fingerprint density at radius 3 is 2.71 bits per heavy atom. The van der Waals surface area contributed by atoms with Crippen LogP contribution in [0.3, 0.4) is 0 Å². The van der Waals surface area contributed by atoms with Crippen LogP contribution in [0.15, 0.2) is 12.1 Å². The molecule has 0 aliphatic carbocycles. The Kier molecular flexibility index (Phi) is 5.75. The van der Waals surface area contributed by atoms with E-state index in [1.165, 1.54) is 16.2 Å². The highest BCUT2D eigenvalue weighted by Crippen LogP contribution is 2.16. The third kappa shape index (κ3) is 4.11. The van der Waals surface area contributed by atoms with Crippen molar-refractivity contribution < 1.29 is 0 Å². The molecule has 0 amide bonds. The minimum absolute atomic E-state index is 0.599. The SMILES string of the molecule is CCc1ccc(CNC(C)CCBr)s1. The lowest BCUT2D eigenvalue weighted by Gasteiger charge is -2.10. The molecular formula is C11H18BrNS. The van der Waals surface area contributed by atoms with Crippen molar-refractivity contribution in [2.45, 2.75) is 39.3 Å². The van der Waals surface area contributed by atoms with Crippen LogP contribution in [0.2, 0.25) is 0 Å². The highest BCUT2D eigenvalue weighted by molar-refractivity contribution is 9.09. The summed E-state index contributed by atoms with van der Waals surface area (Å²) in [6.07, 6.45) is 2.34. The van der Waals surface area contributed by atoms with E-state index in [1.807, 2.05) is 11.3 Å². The fourth-order valence-electron chi connectivity index (χ4n) is 1.25. The fraction of sp³-hybridized carbons (Fsp3) is 0.636. The van der Waals surface area contributed by atoms with E-state index >= 15 is 0 Å². The van der Waals surface area contributed by atoms with Gasteiger partial charge in [-0.3, -0.25) is 0 Å². The van der Waals surface area contributed by atoms with Gasteiger partial charge in [0.2, 0.25) is 0 Å². The Balaban J connectivity index is 2.30. The van der Waals surface area contributed by atoms with Crippen molar-refractivity contribution in [1.82, 2.24) is 5.32 Å². The topological polar surface area (TPSA) is 12.0 Å². The second-order valence-electron chi connectivity index (χ2n) is 3.48. The first-order valence-corrected chi connectivity index (χ1v) is 7.07. The van der Waals surface area contributed by atoms with Gasteiger partial charge in [-0.15, -0.1) is 11.3 Å². The summed E-state index contributed by atoms with van der Waals surface area (Å²) >= 11 is 5.37. The molecule has 0 aliphatic rings. The molecule has 1 nitrogen and oxygen atoms in total. The number of aryl methyl sites for hydroxylation is 1. The minimum Gasteiger partial charge on any atom is -0.309 e. The van der Waals surface area contributed by atoms with Crippen LogP contribution in [0, 0.1) is 0 Å². The summed E-state index contributed by atoms with van der Waals surface area (Å²) in [7, 11) is 0. The number of hydrogen-bond donors (Lipinski definition) is 1. The van der Waals surface area contributed by atoms with Crippen LogP contribution in [0.25, 0.3) is 0 Å². The molecule has 1 aromatic heterocycles. The average molecular weight is 276 g/mol. The molecule has 1 heterocycles. The van der Waals surface area contributed by atoms with Crippen molar-refractivity contribution in [3.05, 3.63) is 21.9 Å². The summed E-state index contributed by atoms with van der Waals surface area (Å²) in [6, 6.07) is 5.07. The molecule has 1 rings (SSSR count). The molecule has 0 aromatic carbocycles. The molecule has 80 valence electrons. The number of halogens is 1. The molecule has 1 atom stereocenters. The molecule has 0 saturated carbocycles. The predicted molar refractivity (Wildman–Crippen MR) is 68.4 cm³/mol. The molecule has 0 bridgehead atoms. The van der Waals surface area contributed by atoms with E-state index in [-0.39, 0.29) is 0 Å². The monoisotopic (exact) mass is 275 g/mol. The molecule has 0 spiro atoms. The second-order valence-corrected chi connectivity index (χ2v) is 5.53. The highest BCUT2D eigenvalue weighted by atomic mass is 79.9. The summed E-state index contributed by atoms with van der Waals surface area (Å²) in [5, 5.41) is 4.59. The van der Waals surface area contributed by atoms with E-state index in [2.05, 4.69) is 47.2 Å². The molecule has 0 fully saturated rings. The van der Waals surface area contributed by atoms with Crippen molar-refractivity contribution in [3.63, 3.8) is 0 Å². The van der Waals surface area contributed by atoms with Crippen LogP contribution in [-0.4, -0.2) is 11.4 Å². The third-order valence-corrected chi connectivity index (χ3v) is 3.92. The van der Waals surface area contributed by atoms with Crippen molar-refractivity contribution in [1.29, 1.82) is 0 Å². The largest absolute Gasteiger partial charge is 0.309 e. The van der Waals surface area contributed by atoms with Crippen molar-refractivity contribution in [2.24, 2.45) is 0 Å². The summed E-state index contributed by atoms with van der Waals surface area (Å²) in [5.74, 6) is 0. The lowest BCUT2D eigenvalue weighted by molar-refractivity contribution is 0.542. The van der Waals surface area contributed by atoms with Crippen LogP contribution < -0.4 is 5.32 Å². The molecule has 0 aliphatic heterocycles. The smallest absolute Gasteiger partial charge is 0.0302 e. The molecule has 1 aromatic rings.